The van der Waals surface area contributed by atoms with E-state index in [1.807, 2.05) is 25.3 Å². The third kappa shape index (κ3) is 3.63. The zero-order valence-electron chi connectivity index (χ0n) is 20.8. The monoisotopic (exact) mass is 463 g/mol. The molecule has 0 bridgehead atoms. The van der Waals surface area contributed by atoms with Gasteiger partial charge in [0.25, 0.3) is 0 Å². The van der Waals surface area contributed by atoms with Crippen LogP contribution in [0.1, 0.15) is 75.8 Å². The van der Waals surface area contributed by atoms with Crippen molar-refractivity contribution >= 4 is 5.78 Å². The van der Waals surface area contributed by atoms with Crippen LogP contribution < -0.4 is 0 Å². The second kappa shape index (κ2) is 9.16. The summed E-state index contributed by atoms with van der Waals surface area (Å²) in [5.41, 5.74) is 6.30. The second-order valence-electron chi connectivity index (χ2n) is 10.9. The number of carbonyl (C=O) groups is 1. The molecule has 34 heavy (non-hydrogen) atoms. The van der Waals surface area contributed by atoms with Crippen LogP contribution in [0.4, 0.5) is 0 Å². The lowest BCUT2D eigenvalue weighted by Crippen LogP contribution is -2.54. The zero-order valence-corrected chi connectivity index (χ0v) is 20.8. The van der Waals surface area contributed by atoms with Gasteiger partial charge in [0.2, 0.25) is 0 Å². The Kier molecular flexibility index (Phi) is 6.36. The maximum atomic E-state index is 12.2. The van der Waals surface area contributed by atoms with Gasteiger partial charge in [-0.2, -0.15) is 4.91 Å². The van der Waals surface area contributed by atoms with Crippen molar-refractivity contribution in [1.29, 1.82) is 0 Å². The number of benzene rings is 1. The molecule has 5 rings (SSSR count). The maximum absolute atomic E-state index is 12.2. The van der Waals surface area contributed by atoms with Gasteiger partial charge in [-0.1, -0.05) is 41.9 Å². The van der Waals surface area contributed by atoms with Gasteiger partial charge in [0.05, 0.1) is 12.2 Å². The summed E-state index contributed by atoms with van der Waals surface area (Å²) in [5, 5.41) is 3.06. The van der Waals surface area contributed by atoms with E-state index in [2.05, 4.69) is 31.2 Å². The van der Waals surface area contributed by atoms with E-state index in [4.69, 9.17) is 9.47 Å². The summed E-state index contributed by atoms with van der Waals surface area (Å²) < 4.78 is 12.4. The molecule has 0 amide bonds. The smallest absolute Gasteiger partial charge is 0.156 e. The van der Waals surface area contributed by atoms with Crippen LogP contribution in [0.5, 0.6) is 0 Å². The number of ether oxygens (including phenoxy) is 2. The Hall–Kier alpha value is -2.11. The lowest BCUT2D eigenvalue weighted by atomic mass is 9.51. The molecular weight excluding hydrogens is 426 g/mol. The molecule has 0 unspecified atom stereocenters. The number of allylic oxidation sites excluding steroid dienone is 4. The fourth-order valence-corrected chi connectivity index (χ4v) is 7.86. The summed E-state index contributed by atoms with van der Waals surface area (Å²) in [6.07, 6.45) is 8.74. The fraction of sp³-hybridized carbons (Fsp3) is 0.621. The number of fused-ring (bicyclic) bond motifs is 4. The van der Waals surface area contributed by atoms with Gasteiger partial charge in [-0.3, -0.25) is 4.79 Å². The molecule has 0 radical (unpaired) electrons. The van der Waals surface area contributed by atoms with Gasteiger partial charge in [-0.15, -0.1) is 0 Å². The van der Waals surface area contributed by atoms with Crippen molar-refractivity contribution in [2.75, 3.05) is 20.3 Å². The highest BCUT2D eigenvalue weighted by molar-refractivity contribution is 5.93. The molecule has 5 heteroatoms. The predicted molar refractivity (Wildman–Crippen MR) is 132 cm³/mol. The van der Waals surface area contributed by atoms with E-state index in [0.29, 0.717) is 31.5 Å². The van der Waals surface area contributed by atoms with E-state index in [0.717, 1.165) is 44.1 Å². The maximum Gasteiger partial charge on any atom is 0.156 e. The summed E-state index contributed by atoms with van der Waals surface area (Å²) in [7, 11) is 1.87. The second-order valence-corrected chi connectivity index (χ2v) is 10.9. The molecule has 5 atom stereocenters. The molecule has 2 fully saturated rings. The summed E-state index contributed by atoms with van der Waals surface area (Å²) in [6.45, 7) is 6.04. The standard InChI is InChI=1S/C29H37NO4/c1-4-34-18-29(33-3)14-13-26-24-11-9-21-15-22(31)10-12-23(21)27(24)25(16-28(26,29)2)20-7-5-19(6-8-20)17-30-32/h5-8,15,24-26H,4,9-14,16-18H2,1-3H3/t24-,25+,26-,28-,29+/m0/s1. The van der Waals surface area contributed by atoms with Crippen molar-refractivity contribution in [3.63, 3.8) is 0 Å². The minimum atomic E-state index is -0.276. The van der Waals surface area contributed by atoms with Crippen molar-refractivity contribution in [3.05, 3.63) is 63.1 Å². The number of ketones is 1. The molecule has 5 nitrogen and oxygen atoms in total. The van der Waals surface area contributed by atoms with E-state index in [-0.39, 0.29) is 29.3 Å². The Morgan fingerprint density at radius 1 is 1.12 bits per heavy atom. The molecule has 0 N–H and O–H groups in total. The van der Waals surface area contributed by atoms with Crippen LogP contribution in [0, 0.1) is 22.2 Å². The van der Waals surface area contributed by atoms with Crippen molar-refractivity contribution in [2.24, 2.45) is 22.4 Å². The van der Waals surface area contributed by atoms with E-state index < -0.39 is 0 Å². The van der Waals surface area contributed by atoms with E-state index in [1.54, 1.807) is 5.57 Å². The number of carbonyl (C=O) groups excluding carboxylic acids is 1. The minimum absolute atomic E-state index is 0.00500. The van der Waals surface area contributed by atoms with Gasteiger partial charge in [-0.25, -0.2) is 0 Å². The van der Waals surface area contributed by atoms with E-state index in [9.17, 15) is 9.70 Å². The molecule has 182 valence electrons. The number of nitroso groups, excluding NO2 is 1. The molecular formula is C29H37NO4. The average Bonchev–Trinajstić information content (AvgIpc) is 3.14. The van der Waals surface area contributed by atoms with Crippen LogP contribution in [0.25, 0.3) is 0 Å². The molecule has 0 heterocycles. The first-order chi connectivity index (χ1) is 16.5. The average molecular weight is 464 g/mol. The number of rotatable bonds is 7. The topological polar surface area (TPSA) is 65.0 Å². The molecule has 0 aliphatic heterocycles. The van der Waals surface area contributed by atoms with Crippen molar-refractivity contribution in [3.8, 4) is 0 Å². The van der Waals surface area contributed by atoms with Crippen LogP contribution in [0.15, 0.2) is 52.2 Å². The SMILES string of the molecule is CCOC[C@]1(OC)CC[C@H]2[C@@H]3CCC4=CC(=O)CCC4=C3[C@@H](c3ccc(CN=O)cc3)C[C@@]21C. The normalized spacial score (nSPS) is 34.9. The Balaban J connectivity index is 1.63. The molecule has 4 aliphatic carbocycles. The Morgan fingerprint density at radius 3 is 2.62 bits per heavy atom. The number of hydrogen-bond acceptors (Lipinski definition) is 5. The van der Waals surface area contributed by atoms with Gasteiger partial charge in [0.1, 0.15) is 6.54 Å². The molecule has 0 saturated heterocycles. The third-order valence-corrected chi connectivity index (χ3v) is 9.58. The van der Waals surface area contributed by atoms with Crippen LogP contribution in [-0.4, -0.2) is 31.7 Å². The lowest BCUT2D eigenvalue weighted by Gasteiger charge is -2.55. The Labute approximate surface area is 203 Å². The van der Waals surface area contributed by atoms with Gasteiger partial charge < -0.3 is 9.47 Å². The van der Waals surface area contributed by atoms with Crippen LogP contribution in [0.3, 0.4) is 0 Å². The minimum Gasteiger partial charge on any atom is -0.379 e. The highest BCUT2D eigenvalue weighted by atomic mass is 16.5. The van der Waals surface area contributed by atoms with Crippen molar-refractivity contribution < 1.29 is 14.3 Å². The predicted octanol–water partition coefficient (Wildman–Crippen LogP) is 6.27. The Morgan fingerprint density at radius 2 is 1.91 bits per heavy atom. The summed E-state index contributed by atoms with van der Waals surface area (Å²) >= 11 is 0. The Bertz CT molecular complexity index is 1030. The van der Waals surface area contributed by atoms with E-state index in [1.165, 1.54) is 16.7 Å². The molecule has 4 aliphatic rings. The van der Waals surface area contributed by atoms with Crippen LogP contribution in [0.2, 0.25) is 0 Å². The highest BCUT2D eigenvalue weighted by Crippen LogP contribution is 2.67. The van der Waals surface area contributed by atoms with Gasteiger partial charge in [0, 0.05) is 31.5 Å². The number of methoxy groups -OCH3 is 1. The summed E-state index contributed by atoms with van der Waals surface area (Å²) in [5.74, 6) is 1.63. The molecule has 1 aromatic carbocycles. The van der Waals surface area contributed by atoms with Gasteiger partial charge >= 0.3 is 0 Å². The first-order valence-electron chi connectivity index (χ1n) is 12.9. The lowest BCUT2D eigenvalue weighted by molar-refractivity contribution is -0.154. The van der Waals surface area contributed by atoms with Crippen LogP contribution in [-0.2, 0) is 20.8 Å². The highest BCUT2D eigenvalue weighted by Gasteiger charge is 2.63. The quantitative estimate of drug-likeness (QED) is 0.447. The number of hydrogen-bond donors (Lipinski definition) is 0. The van der Waals surface area contributed by atoms with Gasteiger partial charge in [0.15, 0.2) is 5.78 Å². The first kappa shape index (κ1) is 23.6. The van der Waals surface area contributed by atoms with E-state index >= 15 is 0 Å². The first-order valence-corrected chi connectivity index (χ1v) is 12.9. The largest absolute Gasteiger partial charge is 0.379 e. The molecule has 2 saturated carbocycles. The van der Waals surface area contributed by atoms with Crippen molar-refractivity contribution in [1.82, 2.24) is 0 Å². The van der Waals surface area contributed by atoms with Crippen LogP contribution >= 0.6 is 0 Å². The summed E-state index contributed by atoms with van der Waals surface area (Å²) in [6, 6.07) is 8.48. The van der Waals surface area contributed by atoms with Crippen molar-refractivity contribution in [2.45, 2.75) is 76.9 Å². The fourth-order valence-electron chi connectivity index (χ4n) is 7.86. The molecule has 1 aromatic rings. The number of nitrogens with zero attached hydrogens (tertiary/aromatic N) is 1. The molecule has 0 spiro atoms. The summed E-state index contributed by atoms with van der Waals surface area (Å²) in [4.78, 5) is 23.0. The third-order valence-electron chi connectivity index (χ3n) is 9.58. The molecule has 0 aromatic heterocycles. The zero-order chi connectivity index (χ0) is 23.9. The van der Waals surface area contributed by atoms with Gasteiger partial charge in [-0.05, 0) is 85.6 Å².